The fourth-order valence-electron chi connectivity index (χ4n) is 0.874. The van der Waals surface area contributed by atoms with Crippen LogP contribution in [0.1, 0.15) is 6.92 Å². The zero-order valence-corrected chi connectivity index (χ0v) is 8.70. The minimum absolute atomic E-state index is 0.808. The van der Waals surface area contributed by atoms with Gasteiger partial charge >= 0.3 is 0 Å². The molecule has 5 N–H and O–H groups in total. The summed E-state index contributed by atoms with van der Waals surface area (Å²) in [6.07, 6.45) is -6.12. The number of carbonyl (C=O) groups is 2. The molecule has 0 aliphatic heterocycles. The van der Waals surface area contributed by atoms with Gasteiger partial charge in [0.05, 0.1) is 6.10 Å². The van der Waals surface area contributed by atoms with Crippen LogP contribution in [0.5, 0.6) is 0 Å². The quantitative estimate of drug-likeness (QED) is 0.328. The third-order valence-corrected chi connectivity index (χ3v) is 1.87. The lowest BCUT2D eigenvalue weighted by molar-refractivity contribution is -0.147. The normalized spacial score (nSPS) is 18.1. The number of rotatable bonds is 5. The van der Waals surface area contributed by atoms with Crippen molar-refractivity contribution in [3.05, 3.63) is 12.7 Å². The molecule has 4 atom stereocenters. The lowest BCUT2D eigenvalue weighted by Crippen LogP contribution is -2.51. The van der Waals surface area contributed by atoms with Crippen molar-refractivity contribution in [3.63, 3.8) is 0 Å². The average Bonchev–Trinajstić information content (AvgIpc) is 2.25. The summed E-state index contributed by atoms with van der Waals surface area (Å²) >= 11 is 0. The highest BCUT2D eigenvalue weighted by Gasteiger charge is 2.33. The maximum atomic E-state index is 11.1. The standard InChI is InChI=1S/C9H15NO6/c1-3-5(12)10-9(16)8(15)7(14)6(13)4(2)11/h3-4,6-8,11,13-15H,1H2,2H3,(H,10,12,16)/t4-,6-,7+,8-/m1/s1. The summed E-state index contributed by atoms with van der Waals surface area (Å²) in [7, 11) is 0. The number of imide groups is 1. The summed E-state index contributed by atoms with van der Waals surface area (Å²) in [5.74, 6) is -2.03. The number of nitrogens with one attached hydrogen (secondary N) is 1. The van der Waals surface area contributed by atoms with Crippen molar-refractivity contribution in [2.75, 3.05) is 0 Å². The van der Waals surface area contributed by atoms with E-state index >= 15 is 0 Å². The molecule has 0 aromatic heterocycles. The number of aliphatic hydroxyl groups is 4. The van der Waals surface area contributed by atoms with E-state index in [1.54, 1.807) is 5.32 Å². The van der Waals surface area contributed by atoms with E-state index in [2.05, 4.69) is 6.58 Å². The topological polar surface area (TPSA) is 127 Å². The van der Waals surface area contributed by atoms with Gasteiger partial charge in [0.25, 0.3) is 5.91 Å². The van der Waals surface area contributed by atoms with Crippen molar-refractivity contribution in [1.82, 2.24) is 5.32 Å². The first-order valence-corrected chi connectivity index (χ1v) is 4.50. The van der Waals surface area contributed by atoms with Gasteiger partial charge in [0.15, 0.2) is 6.10 Å². The van der Waals surface area contributed by atoms with Crippen LogP contribution in [0.2, 0.25) is 0 Å². The third-order valence-electron chi connectivity index (χ3n) is 1.87. The van der Waals surface area contributed by atoms with Crippen LogP contribution < -0.4 is 5.32 Å². The second-order valence-corrected chi connectivity index (χ2v) is 3.22. The first kappa shape index (κ1) is 14.7. The summed E-state index contributed by atoms with van der Waals surface area (Å²) in [6, 6.07) is 0. The highest BCUT2D eigenvalue weighted by molar-refractivity contribution is 6.02. The summed E-state index contributed by atoms with van der Waals surface area (Å²) in [5, 5.41) is 38.3. The Labute approximate surface area is 92.0 Å². The summed E-state index contributed by atoms with van der Waals surface area (Å²) < 4.78 is 0. The van der Waals surface area contributed by atoms with Gasteiger partial charge in [-0.05, 0) is 13.0 Å². The van der Waals surface area contributed by atoms with Gasteiger partial charge in [-0.25, -0.2) is 0 Å². The van der Waals surface area contributed by atoms with Crippen LogP contribution in [0.15, 0.2) is 12.7 Å². The van der Waals surface area contributed by atoms with E-state index < -0.39 is 36.2 Å². The molecule has 7 nitrogen and oxygen atoms in total. The smallest absolute Gasteiger partial charge is 0.258 e. The van der Waals surface area contributed by atoms with Gasteiger partial charge in [0, 0.05) is 0 Å². The molecular formula is C9H15NO6. The van der Waals surface area contributed by atoms with E-state index in [0.29, 0.717) is 0 Å². The maximum absolute atomic E-state index is 11.1. The molecule has 0 aliphatic carbocycles. The molecule has 0 bridgehead atoms. The Morgan fingerprint density at radius 2 is 1.69 bits per heavy atom. The fraction of sp³-hybridized carbons (Fsp3) is 0.556. The molecule has 0 unspecified atom stereocenters. The van der Waals surface area contributed by atoms with Gasteiger partial charge in [-0.1, -0.05) is 6.58 Å². The zero-order chi connectivity index (χ0) is 12.9. The lowest BCUT2D eigenvalue weighted by Gasteiger charge is -2.23. The molecule has 2 amide bonds. The highest BCUT2D eigenvalue weighted by atomic mass is 16.4. The van der Waals surface area contributed by atoms with E-state index in [0.717, 1.165) is 6.08 Å². The molecule has 92 valence electrons. The molecule has 0 spiro atoms. The van der Waals surface area contributed by atoms with Crippen LogP contribution in [-0.4, -0.2) is 56.7 Å². The Kier molecular flexibility index (Phi) is 5.83. The Balaban J connectivity index is 4.43. The van der Waals surface area contributed by atoms with Crippen LogP contribution in [0.25, 0.3) is 0 Å². The number of hydrogen-bond acceptors (Lipinski definition) is 6. The summed E-state index contributed by atoms with van der Waals surface area (Å²) in [6.45, 7) is 4.26. The molecular weight excluding hydrogens is 218 g/mol. The minimum atomic E-state index is -2.02. The van der Waals surface area contributed by atoms with Gasteiger partial charge in [-0.2, -0.15) is 0 Å². The number of carbonyl (C=O) groups excluding carboxylic acids is 2. The van der Waals surface area contributed by atoms with Gasteiger partial charge in [-0.3, -0.25) is 14.9 Å². The second kappa shape index (κ2) is 6.33. The molecule has 0 aromatic carbocycles. The maximum Gasteiger partial charge on any atom is 0.258 e. The first-order valence-electron chi connectivity index (χ1n) is 4.50. The van der Waals surface area contributed by atoms with Crippen molar-refractivity contribution in [2.45, 2.75) is 31.3 Å². The number of hydrogen-bond donors (Lipinski definition) is 5. The molecule has 7 heteroatoms. The van der Waals surface area contributed by atoms with Crippen molar-refractivity contribution < 1.29 is 30.0 Å². The SMILES string of the molecule is C=CC(=O)NC(=O)[C@H](O)[C@@H](O)[C@H](O)[C@@H](C)O. The van der Waals surface area contributed by atoms with Gasteiger partial charge in [-0.15, -0.1) is 0 Å². The molecule has 0 saturated heterocycles. The van der Waals surface area contributed by atoms with Gasteiger partial charge in [0.2, 0.25) is 5.91 Å². The average molecular weight is 233 g/mol. The predicted molar refractivity (Wildman–Crippen MR) is 53.0 cm³/mol. The van der Waals surface area contributed by atoms with Crippen molar-refractivity contribution in [3.8, 4) is 0 Å². The molecule has 0 radical (unpaired) electrons. The lowest BCUT2D eigenvalue weighted by atomic mass is 10.0. The number of amides is 2. The van der Waals surface area contributed by atoms with Gasteiger partial charge in [0.1, 0.15) is 12.2 Å². The van der Waals surface area contributed by atoms with E-state index in [1.165, 1.54) is 6.92 Å². The molecule has 16 heavy (non-hydrogen) atoms. The van der Waals surface area contributed by atoms with Crippen molar-refractivity contribution >= 4 is 11.8 Å². The molecule has 0 heterocycles. The zero-order valence-electron chi connectivity index (χ0n) is 8.70. The molecule has 0 rings (SSSR count). The fourth-order valence-corrected chi connectivity index (χ4v) is 0.874. The molecule has 0 aliphatic rings. The Bertz CT molecular complexity index is 277. The third kappa shape index (κ3) is 4.07. The van der Waals surface area contributed by atoms with Crippen LogP contribution in [-0.2, 0) is 9.59 Å². The van der Waals surface area contributed by atoms with E-state index in [9.17, 15) is 19.8 Å². The molecule has 0 saturated carbocycles. The Morgan fingerprint density at radius 1 is 1.19 bits per heavy atom. The van der Waals surface area contributed by atoms with Gasteiger partial charge < -0.3 is 20.4 Å². The largest absolute Gasteiger partial charge is 0.391 e. The van der Waals surface area contributed by atoms with E-state index in [-0.39, 0.29) is 0 Å². The van der Waals surface area contributed by atoms with Crippen molar-refractivity contribution in [1.29, 1.82) is 0 Å². The van der Waals surface area contributed by atoms with E-state index in [1.807, 2.05) is 0 Å². The van der Waals surface area contributed by atoms with E-state index in [4.69, 9.17) is 10.2 Å². The highest BCUT2D eigenvalue weighted by Crippen LogP contribution is 2.04. The molecule has 0 aromatic rings. The van der Waals surface area contributed by atoms with Crippen LogP contribution >= 0.6 is 0 Å². The van der Waals surface area contributed by atoms with Crippen LogP contribution in [0.3, 0.4) is 0 Å². The monoisotopic (exact) mass is 233 g/mol. The second-order valence-electron chi connectivity index (χ2n) is 3.22. The van der Waals surface area contributed by atoms with Crippen LogP contribution in [0, 0.1) is 0 Å². The predicted octanol–water partition coefficient (Wildman–Crippen LogP) is -2.72. The number of aliphatic hydroxyl groups excluding tert-OH is 4. The Hall–Kier alpha value is -1.28. The van der Waals surface area contributed by atoms with Crippen LogP contribution in [0.4, 0.5) is 0 Å². The van der Waals surface area contributed by atoms with Crippen molar-refractivity contribution in [2.24, 2.45) is 0 Å². The summed E-state index contributed by atoms with van der Waals surface area (Å²) in [4.78, 5) is 21.8. The summed E-state index contributed by atoms with van der Waals surface area (Å²) in [5.41, 5.74) is 0. The molecule has 0 fully saturated rings. The first-order chi connectivity index (χ1) is 7.31. The minimum Gasteiger partial charge on any atom is -0.391 e. The Morgan fingerprint density at radius 3 is 2.06 bits per heavy atom.